The lowest BCUT2D eigenvalue weighted by atomic mass is 9.82. The van der Waals surface area contributed by atoms with Gasteiger partial charge in [-0.3, -0.25) is 0 Å². The van der Waals surface area contributed by atoms with Crippen molar-refractivity contribution >= 4 is 49.9 Å². The molecule has 0 radical (unpaired) electrons. The minimum Gasteiger partial charge on any atom is -0.469 e. The topological polar surface area (TPSA) is 15.7 Å². The largest absolute Gasteiger partial charge is 0.469 e. The Bertz CT molecular complexity index is 2830. The summed E-state index contributed by atoms with van der Waals surface area (Å²) in [7, 11) is 0. The van der Waals surface area contributed by atoms with E-state index in [0.717, 1.165) is 11.3 Å². The molecule has 3 heteroatoms. The molecule has 0 saturated carbocycles. The summed E-state index contributed by atoms with van der Waals surface area (Å²) in [6.07, 6.45) is 6.83. The second-order valence-corrected chi connectivity index (χ2v) is 15.4. The average Bonchev–Trinajstić information content (AvgIpc) is 3.82. The first-order valence-corrected chi connectivity index (χ1v) is 19.4. The summed E-state index contributed by atoms with van der Waals surface area (Å²) in [6, 6.07) is 55.3. The smallest absolute Gasteiger partial charge is 0.187 e. The number of para-hydroxylation sites is 2. The van der Waals surface area contributed by atoms with Gasteiger partial charge >= 0.3 is 0 Å². The zero-order chi connectivity index (χ0) is 36.8. The minimum atomic E-state index is -0.159. The Balaban J connectivity index is 1.03. The highest BCUT2D eigenvalue weighted by Gasteiger charge is 2.48. The molecule has 11 rings (SSSR count). The van der Waals surface area contributed by atoms with Crippen LogP contribution < -0.4 is 14.5 Å². The van der Waals surface area contributed by atoms with Gasteiger partial charge in [0.15, 0.2) is 6.23 Å². The average molecular weight is 709 g/mol. The molecule has 4 unspecified atom stereocenters. The van der Waals surface area contributed by atoms with E-state index in [0.29, 0.717) is 0 Å². The first-order valence-electron chi connectivity index (χ1n) is 19.4. The van der Waals surface area contributed by atoms with Gasteiger partial charge in [-0.05, 0) is 93.9 Å². The summed E-state index contributed by atoms with van der Waals surface area (Å²) >= 11 is 0. The summed E-state index contributed by atoms with van der Waals surface area (Å²) < 4.78 is 6.81. The van der Waals surface area contributed by atoms with Crippen LogP contribution in [0.1, 0.15) is 47.9 Å². The van der Waals surface area contributed by atoms with Crippen LogP contribution in [0.15, 0.2) is 193 Å². The van der Waals surface area contributed by atoms with Crippen molar-refractivity contribution in [3.05, 3.63) is 215 Å². The first kappa shape index (κ1) is 31.9. The number of nitrogens with zero attached hydrogens (tertiary/aromatic N) is 2. The number of allylic oxidation sites excluding steroid dienone is 6. The van der Waals surface area contributed by atoms with E-state index in [2.05, 4.69) is 194 Å². The highest BCUT2D eigenvalue weighted by Crippen LogP contribution is 2.56. The molecule has 0 amide bonds. The van der Waals surface area contributed by atoms with Crippen LogP contribution in [-0.2, 0) is 0 Å². The molecule has 0 N–H and O–H groups in total. The molecular formula is C52H40N2O. The SMILES string of the molecule is C=C1C(C)=CC(c2ccc3c(c2)N(c2cccc4ccccc24)C2Oc4ccccc4C32)=CC=C1C1c2ccccc2N(c2cccc3ccccc23)C1C. The number of ether oxygens (including phenoxy) is 1. The summed E-state index contributed by atoms with van der Waals surface area (Å²) in [4.78, 5) is 4.99. The van der Waals surface area contributed by atoms with Crippen molar-refractivity contribution in [2.24, 2.45) is 0 Å². The van der Waals surface area contributed by atoms with Crippen molar-refractivity contribution in [1.82, 2.24) is 0 Å². The predicted octanol–water partition coefficient (Wildman–Crippen LogP) is 13.1. The molecule has 264 valence electrons. The van der Waals surface area contributed by atoms with Crippen LogP contribution in [-0.4, -0.2) is 12.3 Å². The van der Waals surface area contributed by atoms with E-state index in [-0.39, 0.29) is 24.1 Å². The Hall–Kier alpha value is -6.58. The molecule has 4 atom stereocenters. The molecule has 7 aromatic carbocycles. The van der Waals surface area contributed by atoms with E-state index < -0.39 is 0 Å². The molecule has 0 bridgehead atoms. The normalized spacial score (nSPS) is 21.0. The van der Waals surface area contributed by atoms with Crippen molar-refractivity contribution < 1.29 is 4.74 Å². The van der Waals surface area contributed by atoms with Crippen LogP contribution in [0.25, 0.3) is 27.1 Å². The molecule has 3 heterocycles. The molecule has 3 aliphatic heterocycles. The van der Waals surface area contributed by atoms with E-state index in [9.17, 15) is 0 Å². The van der Waals surface area contributed by atoms with Crippen molar-refractivity contribution in [3.8, 4) is 5.75 Å². The standard InChI is InChI=1S/C52H40N2O/c1-32-30-37(26-28-39(33(32)2)50-34(3)53(47-22-10-8-20-42(47)50)45-23-12-16-35-14-4-6-18-40(35)45)38-27-29-43-48(31-38)54(46-24-13-17-36-15-5-7-19-41(36)46)52-51(43)44-21-9-11-25-49(44)55-52/h4-31,34,50-52H,2H2,1,3H3. The van der Waals surface area contributed by atoms with Gasteiger partial charge in [0, 0.05) is 45.4 Å². The van der Waals surface area contributed by atoms with Gasteiger partial charge in [-0.1, -0.05) is 146 Å². The van der Waals surface area contributed by atoms with Crippen LogP contribution in [0.4, 0.5) is 22.7 Å². The third-order valence-electron chi connectivity index (χ3n) is 12.4. The fourth-order valence-electron chi connectivity index (χ4n) is 9.88. The molecule has 4 aliphatic rings. The molecule has 0 fully saturated rings. The molecule has 55 heavy (non-hydrogen) atoms. The highest BCUT2D eigenvalue weighted by atomic mass is 16.5. The Morgan fingerprint density at radius 2 is 1.15 bits per heavy atom. The summed E-state index contributed by atoms with van der Waals surface area (Å²) in [6.45, 7) is 9.34. The molecule has 0 aromatic heterocycles. The molecule has 0 spiro atoms. The predicted molar refractivity (Wildman–Crippen MR) is 229 cm³/mol. The van der Waals surface area contributed by atoms with E-state index in [1.807, 2.05) is 0 Å². The van der Waals surface area contributed by atoms with Crippen LogP contribution in [0.3, 0.4) is 0 Å². The third-order valence-corrected chi connectivity index (χ3v) is 12.4. The van der Waals surface area contributed by atoms with E-state index in [4.69, 9.17) is 11.3 Å². The maximum absolute atomic E-state index is 6.81. The van der Waals surface area contributed by atoms with Crippen molar-refractivity contribution in [3.63, 3.8) is 0 Å². The summed E-state index contributed by atoms with van der Waals surface area (Å²) in [5, 5.41) is 4.97. The van der Waals surface area contributed by atoms with Gasteiger partial charge < -0.3 is 14.5 Å². The first-order chi connectivity index (χ1) is 27.0. The zero-order valence-corrected chi connectivity index (χ0v) is 31.0. The van der Waals surface area contributed by atoms with Gasteiger partial charge in [0.2, 0.25) is 0 Å². The summed E-state index contributed by atoms with van der Waals surface area (Å²) in [5.41, 5.74) is 14.7. The van der Waals surface area contributed by atoms with Gasteiger partial charge in [-0.15, -0.1) is 0 Å². The number of rotatable bonds is 4. The fourth-order valence-corrected chi connectivity index (χ4v) is 9.88. The number of hydrogen-bond acceptors (Lipinski definition) is 3. The van der Waals surface area contributed by atoms with Crippen LogP contribution >= 0.6 is 0 Å². The van der Waals surface area contributed by atoms with Crippen molar-refractivity contribution in [2.75, 3.05) is 9.80 Å². The van der Waals surface area contributed by atoms with Gasteiger partial charge in [0.05, 0.1) is 11.6 Å². The molecule has 0 saturated heterocycles. The monoisotopic (exact) mass is 708 g/mol. The highest BCUT2D eigenvalue weighted by molar-refractivity contribution is 5.99. The number of fused-ring (bicyclic) bond motifs is 8. The van der Waals surface area contributed by atoms with Gasteiger partial charge in [-0.2, -0.15) is 0 Å². The Labute approximate surface area is 322 Å². The lowest BCUT2D eigenvalue weighted by Crippen LogP contribution is -2.32. The number of benzene rings is 7. The van der Waals surface area contributed by atoms with Crippen molar-refractivity contribution in [1.29, 1.82) is 0 Å². The third kappa shape index (κ3) is 4.76. The zero-order valence-electron chi connectivity index (χ0n) is 31.0. The van der Waals surface area contributed by atoms with E-state index in [1.165, 1.54) is 83.3 Å². The number of hydrogen-bond donors (Lipinski definition) is 0. The van der Waals surface area contributed by atoms with E-state index in [1.54, 1.807) is 0 Å². The number of anilines is 4. The van der Waals surface area contributed by atoms with E-state index >= 15 is 0 Å². The molecule has 7 aromatic rings. The Kier molecular flexibility index (Phi) is 7.09. The molecular weight excluding hydrogens is 669 g/mol. The summed E-state index contributed by atoms with van der Waals surface area (Å²) in [5.74, 6) is 1.25. The van der Waals surface area contributed by atoms with Crippen LogP contribution in [0.5, 0.6) is 5.75 Å². The van der Waals surface area contributed by atoms with Crippen LogP contribution in [0.2, 0.25) is 0 Å². The minimum absolute atomic E-state index is 0.125. The van der Waals surface area contributed by atoms with Gasteiger partial charge in [0.1, 0.15) is 5.75 Å². The maximum atomic E-state index is 6.81. The van der Waals surface area contributed by atoms with Gasteiger partial charge in [-0.25, -0.2) is 0 Å². The molecule has 1 aliphatic carbocycles. The lowest BCUT2D eigenvalue weighted by molar-refractivity contribution is 0.234. The molecule has 3 nitrogen and oxygen atoms in total. The van der Waals surface area contributed by atoms with Crippen molar-refractivity contribution in [2.45, 2.75) is 38.0 Å². The maximum Gasteiger partial charge on any atom is 0.187 e. The van der Waals surface area contributed by atoms with Gasteiger partial charge in [0.25, 0.3) is 0 Å². The fraction of sp³-hybridized carbons (Fsp3) is 0.115. The second-order valence-electron chi connectivity index (χ2n) is 15.4. The Morgan fingerprint density at radius 3 is 1.91 bits per heavy atom. The van der Waals surface area contributed by atoms with Crippen LogP contribution in [0, 0.1) is 0 Å². The quantitative estimate of drug-likeness (QED) is 0.181. The second kappa shape index (κ2) is 12.2. The Morgan fingerprint density at radius 1 is 0.545 bits per heavy atom. The lowest BCUT2D eigenvalue weighted by Gasteiger charge is -2.30.